The van der Waals surface area contributed by atoms with Crippen molar-refractivity contribution in [2.75, 3.05) is 13.2 Å². The first-order valence-electron chi connectivity index (χ1n) is 11.8. The van der Waals surface area contributed by atoms with E-state index in [0.717, 1.165) is 23.1 Å². The molecule has 0 aliphatic rings. The van der Waals surface area contributed by atoms with Crippen molar-refractivity contribution in [3.05, 3.63) is 108 Å². The number of amides is 1. The second-order valence-electron chi connectivity index (χ2n) is 8.46. The summed E-state index contributed by atoms with van der Waals surface area (Å²) in [5.74, 6) is -1.87. The van der Waals surface area contributed by atoms with Gasteiger partial charge in [-0.1, -0.05) is 97.4 Å². The molecule has 7 nitrogen and oxygen atoms in total. The van der Waals surface area contributed by atoms with Gasteiger partial charge in [0.1, 0.15) is 6.04 Å². The molecule has 0 radical (unpaired) electrons. The largest absolute Gasteiger partial charge is 0.480 e. The van der Waals surface area contributed by atoms with Gasteiger partial charge in [-0.15, -0.1) is 0 Å². The molecule has 35 heavy (non-hydrogen) atoms. The molecule has 0 aliphatic heterocycles. The van der Waals surface area contributed by atoms with Gasteiger partial charge in [0.25, 0.3) is 0 Å². The highest BCUT2D eigenvalue weighted by Crippen LogP contribution is 2.36. The number of hydrogen-bond acceptors (Lipinski definition) is 5. The molecule has 1 amide bonds. The highest BCUT2D eigenvalue weighted by atomic mass is 16.4. The van der Waals surface area contributed by atoms with Crippen LogP contribution in [0.15, 0.2) is 91.0 Å². The van der Waals surface area contributed by atoms with Gasteiger partial charge in [0.15, 0.2) is 0 Å². The molecule has 0 saturated carbocycles. The second kappa shape index (κ2) is 12.8. The number of rotatable bonds is 13. The summed E-state index contributed by atoms with van der Waals surface area (Å²) in [6.45, 7) is -0.0142. The average molecular weight is 476 g/mol. The first-order valence-corrected chi connectivity index (χ1v) is 11.8. The van der Waals surface area contributed by atoms with E-state index in [1.807, 2.05) is 54.6 Å². The standard InChI is InChI=1S/C28H33N3O4/c29-24(26(33)31-25(20-32)27(34)35)18-10-11-19-30-28(21-12-4-1-5-13-21,22-14-6-2-7-15-22)23-16-8-3-9-17-23/h1-9,12-17,24-25,30,32H,10-11,18-20,29H2,(H,31,33)(H,34,35)/t24-,25-/m0/s1. The highest BCUT2D eigenvalue weighted by Gasteiger charge is 2.35. The number of aliphatic hydroxyl groups excluding tert-OH is 1. The van der Waals surface area contributed by atoms with Crippen molar-refractivity contribution in [2.24, 2.45) is 5.73 Å². The van der Waals surface area contributed by atoms with Crippen molar-refractivity contribution in [3.8, 4) is 0 Å². The Morgan fingerprint density at radius 2 is 1.26 bits per heavy atom. The number of carbonyl (C=O) groups excluding carboxylic acids is 1. The molecule has 3 aromatic carbocycles. The highest BCUT2D eigenvalue weighted by molar-refractivity contribution is 5.86. The van der Waals surface area contributed by atoms with E-state index in [1.165, 1.54) is 0 Å². The predicted octanol–water partition coefficient (Wildman–Crippen LogP) is 2.63. The molecule has 0 bridgehead atoms. The topological polar surface area (TPSA) is 125 Å². The molecule has 6 N–H and O–H groups in total. The number of nitrogens with one attached hydrogen (secondary N) is 2. The molecule has 0 aliphatic carbocycles. The molecule has 0 spiro atoms. The zero-order valence-corrected chi connectivity index (χ0v) is 19.6. The summed E-state index contributed by atoms with van der Waals surface area (Å²) in [5, 5.41) is 24.1. The minimum Gasteiger partial charge on any atom is -0.480 e. The van der Waals surface area contributed by atoms with Crippen LogP contribution in [0.5, 0.6) is 0 Å². The maximum Gasteiger partial charge on any atom is 0.328 e. The summed E-state index contributed by atoms with van der Waals surface area (Å²) in [4.78, 5) is 23.2. The molecule has 184 valence electrons. The van der Waals surface area contributed by atoms with Gasteiger partial charge in [0, 0.05) is 0 Å². The van der Waals surface area contributed by atoms with Gasteiger partial charge in [-0.3, -0.25) is 10.1 Å². The van der Waals surface area contributed by atoms with Crippen LogP contribution in [0, 0.1) is 0 Å². The van der Waals surface area contributed by atoms with E-state index in [4.69, 9.17) is 15.9 Å². The molecule has 7 heteroatoms. The van der Waals surface area contributed by atoms with Gasteiger partial charge in [0.2, 0.25) is 5.91 Å². The first kappa shape index (κ1) is 26.1. The minimum atomic E-state index is -1.35. The Balaban J connectivity index is 1.72. The van der Waals surface area contributed by atoms with Gasteiger partial charge in [-0.05, 0) is 36.1 Å². The van der Waals surface area contributed by atoms with E-state index >= 15 is 0 Å². The zero-order valence-electron chi connectivity index (χ0n) is 19.6. The lowest BCUT2D eigenvalue weighted by molar-refractivity contribution is -0.143. The molecule has 0 unspecified atom stereocenters. The van der Waals surface area contributed by atoms with E-state index in [9.17, 15) is 9.59 Å². The Kier molecular flexibility index (Phi) is 9.55. The van der Waals surface area contributed by atoms with Crippen LogP contribution >= 0.6 is 0 Å². The van der Waals surface area contributed by atoms with Crippen molar-refractivity contribution >= 4 is 11.9 Å². The lowest BCUT2D eigenvalue weighted by atomic mass is 9.77. The Bertz CT molecular complexity index is 965. The van der Waals surface area contributed by atoms with Gasteiger partial charge < -0.3 is 21.3 Å². The molecule has 0 saturated heterocycles. The smallest absolute Gasteiger partial charge is 0.328 e. The fourth-order valence-electron chi connectivity index (χ4n) is 4.23. The van der Waals surface area contributed by atoms with E-state index in [2.05, 4.69) is 47.0 Å². The number of aliphatic carboxylic acids is 1. The van der Waals surface area contributed by atoms with Crippen LogP contribution in [0.4, 0.5) is 0 Å². The zero-order chi connectivity index (χ0) is 25.1. The third-order valence-corrected chi connectivity index (χ3v) is 6.09. The van der Waals surface area contributed by atoms with Gasteiger partial charge in [0.05, 0.1) is 18.2 Å². The predicted molar refractivity (Wildman–Crippen MR) is 136 cm³/mol. The van der Waals surface area contributed by atoms with Crippen molar-refractivity contribution < 1.29 is 19.8 Å². The summed E-state index contributed by atoms with van der Waals surface area (Å²) >= 11 is 0. The van der Waals surface area contributed by atoms with Crippen molar-refractivity contribution in [1.82, 2.24) is 10.6 Å². The van der Waals surface area contributed by atoms with Crippen LogP contribution in [0.1, 0.15) is 36.0 Å². The summed E-state index contributed by atoms with van der Waals surface area (Å²) in [6.07, 6.45) is 1.84. The van der Waals surface area contributed by atoms with E-state index in [1.54, 1.807) is 0 Å². The van der Waals surface area contributed by atoms with E-state index < -0.39 is 36.1 Å². The van der Waals surface area contributed by atoms with Crippen LogP contribution in [-0.2, 0) is 15.1 Å². The lowest BCUT2D eigenvalue weighted by Crippen LogP contribution is -2.50. The normalized spacial score (nSPS) is 13.1. The summed E-state index contributed by atoms with van der Waals surface area (Å²) < 4.78 is 0. The number of unbranched alkanes of at least 4 members (excludes halogenated alkanes) is 1. The Morgan fingerprint density at radius 3 is 1.66 bits per heavy atom. The van der Waals surface area contributed by atoms with Crippen LogP contribution in [0.25, 0.3) is 0 Å². The quantitative estimate of drug-likeness (QED) is 0.191. The van der Waals surface area contributed by atoms with Crippen LogP contribution in [-0.4, -0.2) is 47.3 Å². The average Bonchev–Trinajstić information content (AvgIpc) is 2.90. The van der Waals surface area contributed by atoms with E-state index in [-0.39, 0.29) is 0 Å². The van der Waals surface area contributed by atoms with Crippen LogP contribution in [0.2, 0.25) is 0 Å². The van der Waals surface area contributed by atoms with Crippen LogP contribution < -0.4 is 16.4 Å². The van der Waals surface area contributed by atoms with E-state index in [0.29, 0.717) is 19.4 Å². The number of nitrogens with two attached hydrogens (primary N) is 1. The van der Waals surface area contributed by atoms with Crippen molar-refractivity contribution in [3.63, 3.8) is 0 Å². The number of aliphatic hydroxyl groups is 1. The Hall–Kier alpha value is -3.52. The SMILES string of the molecule is N[C@@H](CCCCNC(c1ccccc1)(c1ccccc1)c1ccccc1)C(=O)N[C@@H](CO)C(=O)O. The number of carboxylic acids is 1. The summed E-state index contributed by atoms with van der Waals surface area (Å²) in [5.41, 5.74) is 8.77. The second-order valence-corrected chi connectivity index (χ2v) is 8.46. The van der Waals surface area contributed by atoms with Gasteiger partial charge in [-0.25, -0.2) is 4.79 Å². The molecule has 3 aromatic rings. The molecular formula is C28H33N3O4. The number of carboxylic acid groups (broad SMARTS) is 1. The molecule has 3 rings (SSSR count). The summed E-state index contributed by atoms with van der Waals surface area (Å²) in [7, 11) is 0. The fraction of sp³-hybridized carbons (Fsp3) is 0.286. The number of carbonyl (C=O) groups is 2. The monoisotopic (exact) mass is 475 g/mol. The van der Waals surface area contributed by atoms with Crippen molar-refractivity contribution in [2.45, 2.75) is 36.9 Å². The lowest BCUT2D eigenvalue weighted by Gasteiger charge is -2.37. The number of benzene rings is 3. The maximum absolute atomic E-state index is 12.2. The van der Waals surface area contributed by atoms with Gasteiger partial charge in [-0.2, -0.15) is 0 Å². The van der Waals surface area contributed by atoms with Gasteiger partial charge >= 0.3 is 5.97 Å². The minimum absolute atomic E-state index is 0.403. The fourth-order valence-corrected chi connectivity index (χ4v) is 4.23. The molecule has 0 fully saturated rings. The molecule has 0 aromatic heterocycles. The molecule has 2 atom stereocenters. The number of hydrogen-bond donors (Lipinski definition) is 5. The Morgan fingerprint density at radius 1 is 0.800 bits per heavy atom. The molecule has 0 heterocycles. The maximum atomic E-state index is 12.2. The first-order chi connectivity index (χ1) is 17.0. The third-order valence-electron chi connectivity index (χ3n) is 6.09. The van der Waals surface area contributed by atoms with Crippen molar-refractivity contribution in [1.29, 1.82) is 0 Å². The summed E-state index contributed by atoms with van der Waals surface area (Å²) in [6, 6.07) is 28.7. The van der Waals surface area contributed by atoms with Crippen LogP contribution in [0.3, 0.4) is 0 Å². The molecular weight excluding hydrogens is 442 g/mol. The Labute approximate surface area is 206 Å². The third kappa shape index (κ3) is 6.54.